The minimum absolute atomic E-state index is 0.249. The van der Waals surface area contributed by atoms with Crippen molar-refractivity contribution in [3.05, 3.63) is 33.7 Å². The number of carbonyl (C=O) groups excluding carboxylic acids is 3. The molecule has 1 aliphatic carbocycles. The summed E-state index contributed by atoms with van der Waals surface area (Å²) in [5, 5.41) is 2.02. The highest BCUT2D eigenvalue weighted by Gasteiger charge is 2.25. The van der Waals surface area contributed by atoms with E-state index >= 15 is 0 Å². The number of amides is 2. The second-order valence-corrected chi connectivity index (χ2v) is 7.92. The molecule has 0 unspecified atom stereocenters. The van der Waals surface area contributed by atoms with Crippen LogP contribution in [0.4, 0.5) is 4.79 Å². The maximum atomic E-state index is 12.1. The molecule has 5 nitrogen and oxygen atoms in total. The fourth-order valence-corrected chi connectivity index (χ4v) is 4.14. The smallest absolute Gasteiger partial charge is 0.311 e. The van der Waals surface area contributed by atoms with Crippen molar-refractivity contribution in [2.45, 2.75) is 44.9 Å². The molecule has 2 aliphatic rings. The van der Waals surface area contributed by atoms with Crippen LogP contribution in [0.2, 0.25) is 5.02 Å². The number of halogens is 1. The molecule has 1 saturated carbocycles. The average molecular weight is 394 g/mol. The van der Waals surface area contributed by atoms with Crippen molar-refractivity contribution in [3.63, 3.8) is 0 Å². The molecule has 26 heavy (non-hydrogen) atoms. The van der Waals surface area contributed by atoms with Gasteiger partial charge in [0.2, 0.25) is 0 Å². The van der Waals surface area contributed by atoms with Crippen LogP contribution >= 0.6 is 23.4 Å². The average Bonchev–Trinajstić information content (AvgIpc) is 2.95. The molecule has 0 radical (unpaired) electrons. The molecule has 2 fully saturated rings. The Morgan fingerprint density at radius 3 is 2.73 bits per heavy atom. The van der Waals surface area contributed by atoms with Gasteiger partial charge in [-0.1, -0.05) is 55.8 Å². The molecule has 0 bridgehead atoms. The quantitative estimate of drug-likeness (QED) is 0.436. The van der Waals surface area contributed by atoms with Gasteiger partial charge in [0.15, 0.2) is 0 Å². The lowest BCUT2D eigenvalue weighted by atomic mass is 9.86. The van der Waals surface area contributed by atoms with Crippen molar-refractivity contribution < 1.29 is 19.1 Å². The van der Waals surface area contributed by atoms with Gasteiger partial charge in [0, 0.05) is 6.42 Å². The van der Waals surface area contributed by atoms with Gasteiger partial charge in [-0.25, -0.2) is 0 Å². The first-order chi connectivity index (χ1) is 12.5. The Hall–Kier alpha value is -1.79. The second kappa shape index (κ2) is 8.73. The standard InChI is InChI=1S/C19H20ClNO4S/c20-17-13(11-15-18(23)21-19(24)26-15)7-4-8-14(17)25-16(22)10-9-12-5-2-1-3-6-12/h4,7-8,11-12H,1-3,5-6,9-10H2,(H,21,23,24)/b15-11-. The summed E-state index contributed by atoms with van der Waals surface area (Å²) in [7, 11) is 0. The van der Waals surface area contributed by atoms with Crippen LogP contribution in [0, 0.1) is 5.92 Å². The SMILES string of the molecule is O=C(CCC1CCCCC1)Oc1cccc(/C=C2\SC(=O)NC2=O)c1Cl. The van der Waals surface area contributed by atoms with E-state index in [9.17, 15) is 14.4 Å². The summed E-state index contributed by atoms with van der Waals surface area (Å²) in [6.07, 6.45) is 8.91. The number of nitrogens with one attached hydrogen (secondary N) is 1. The Labute approximate surface area is 161 Å². The van der Waals surface area contributed by atoms with E-state index in [-0.39, 0.29) is 21.6 Å². The van der Waals surface area contributed by atoms with Crippen LogP contribution < -0.4 is 10.1 Å². The van der Waals surface area contributed by atoms with Crippen LogP contribution in [-0.2, 0) is 9.59 Å². The molecule has 2 amide bonds. The third-order valence-corrected chi connectivity index (χ3v) is 5.84. The van der Waals surface area contributed by atoms with E-state index < -0.39 is 11.1 Å². The lowest BCUT2D eigenvalue weighted by Gasteiger charge is -2.20. The summed E-state index contributed by atoms with van der Waals surface area (Å²) in [6, 6.07) is 5.02. The molecule has 1 heterocycles. The summed E-state index contributed by atoms with van der Waals surface area (Å²) >= 11 is 7.13. The summed E-state index contributed by atoms with van der Waals surface area (Å²) in [5.74, 6) is 0.124. The number of carbonyl (C=O) groups is 3. The minimum Gasteiger partial charge on any atom is -0.425 e. The maximum Gasteiger partial charge on any atom is 0.311 e. The lowest BCUT2D eigenvalue weighted by molar-refractivity contribution is -0.134. The number of imide groups is 1. The van der Waals surface area contributed by atoms with Crippen LogP contribution in [0.3, 0.4) is 0 Å². The zero-order valence-electron chi connectivity index (χ0n) is 14.3. The number of hydrogen-bond acceptors (Lipinski definition) is 5. The van der Waals surface area contributed by atoms with Gasteiger partial charge >= 0.3 is 5.97 Å². The number of esters is 1. The molecular formula is C19H20ClNO4S. The van der Waals surface area contributed by atoms with E-state index in [1.165, 1.54) is 38.2 Å². The first-order valence-corrected chi connectivity index (χ1v) is 9.96. The number of thioether (sulfide) groups is 1. The van der Waals surface area contributed by atoms with E-state index in [1.807, 2.05) is 0 Å². The van der Waals surface area contributed by atoms with Crippen molar-refractivity contribution in [2.75, 3.05) is 0 Å². The molecule has 1 N–H and O–H groups in total. The molecule has 0 spiro atoms. The molecule has 138 valence electrons. The molecule has 1 aliphatic heterocycles. The Morgan fingerprint density at radius 1 is 1.27 bits per heavy atom. The van der Waals surface area contributed by atoms with Crippen LogP contribution in [-0.4, -0.2) is 17.1 Å². The van der Waals surface area contributed by atoms with E-state index in [4.69, 9.17) is 16.3 Å². The Bertz CT molecular complexity index is 756. The molecule has 1 aromatic carbocycles. The number of hydrogen-bond donors (Lipinski definition) is 1. The predicted molar refractivity (Wildman–Crippen MR) is 102 cm³/mol. The van der Waals surface area contributed by atoms with Gasteiger partial charge in [0.05, 0.1) is 9.93 Å². The third-order valence-electron chi connectivity index (χ3n) is 4.63. The summed E-state index contributed by atoms with van der Waals surface area (Å²) < 4.78 is 5.41. The highest BCUT2D eigenvalue weighted by atomic mass is 35.5. The molecule has 0 aromatic heterocycles. The van der Waals surface area contributed by atoms with Crippen LogP contribution in [0.15, 0.2) is 23.1 Å². The second-order valence-electron chi connectivity index (χ2n) is 6.53. The van der Waals surface area contributed by atoms with E-state index in [0.717, 1.165) is 18.2 Å². The zero-order chi connectivity index (χ0) is 18.5. The molecule has 0 atom stereocenters. The Morgan fingerprint density at radius 2 is 2.04 bits per heavy atom. The molecule has 1 saturated heterocycles. The molecule has 7 heteroatoms. The van der Waals surface area contributed by atoms with Crippen LogP contribution in [0.1, 0.15) is 50.5 Å². The largest absolute Gasteiger partial charge is 0.425 e. The maximum absolute atomic E-state index is 12.1. The monoisotopic (exact) mass is 393 g/mol. The Balaban J connectivity index is 1.63. The van der Waals surface area contributed by atoms with E-state index in [2.05, 4.69) is 5.32 Å². The summed E-state index contributed by atoms with van der Waals surface area (Å²) in [5.41, 5.74) is 0.525. The van der Waals surface area contributed by atoms with Gasteiger partial charge < -0.3 is 4.74 Å². The van der Waals surface area contributed by atoms with Gasteiger partial charge in [-0.3, -0.25) is 19.7 Å². The zero-order valence-corrected chi connectivity index (χ0v) is 15.8. The topological polar surface area (TPSA) is 72.5 Å². The van der Waals surface area contributed by atoms with Crippen molar-refractivity contribution in [1.29, 1.82) is 0 Å². The van der Waals surface area contributed by atoms with E-state index in [0.29, 0.717) is 17.9 Å². The van der Waals surface area contributed by atoms with Gasteiger partial charge in [-0.2, -0.15) is 0 Å². The summed E-state index contributed by atoms with van der Waals surface area (Å²) in [4.78, 5) is 35.3. The van der Waals surface area contributed by atoms with Crippen molar-refractivity contribution >= 4 is 46.6 Å². The fraction of sp³-hybridized carbons (Fsp3) is 0.421. The third kappa shape index (κ3) is 4.89. The minimum atomic E-state index is -0.453. The van der Waals surface area contributed by atoms with Crippen molar-refractivity contribution in [1.82, 2.24) is 5.32 Å². The van der Waals surface area contributed by atoms with Gasteiger partial charge in [-0.15, -0.1) is 0 Å². The first-order valence-electron chi connectivity index (χ1n) is 8.77. The van der Waals surface area contributed by atoms with Crippen LogP contribution in [0.5, 0.6) is 5.75 Å². The first kappa shape index (κ1) is 19.0. The lowest BCUT2D eigenvalue weighted by Crippen LogP contribution is -2.17. The van der Waals surface area contributed by atoms with Gasteiger partial charge in [-0.05, 0) is 41.8 Å². The number of rotatable bonds is 5. The summed E-state index contributed by atoms with van der Waals surface area (Å²) in [6.45, 7) is 0. The Kier molecular flexibility index (Phi) is 6.38. The predicted octanol–water partition coefficient (Wildman–Crippen LogP) is 4.93. The number of ether oxygens (including phenoxy) is 1. The van der Waals surface area contributed by atoms with E-state index in [1.54, 1.807) is 18.2 Å². The number of benzene rings is 1. The molecule has 1 aromatic rings. The molecule has 3 rings (SSSR count). The van der Waals surface area contributed by atoms with Crippen molar-refractivity contribution in [3.8, 4) is 5.75 Å². The molecular weight excluding hydrogens is 374 g/mol. The van der Waals surface area contributed by atoms with Crippen LogP contribution in [0.25, 0.3) is 6.08 Å². The van der Waals surface area contributed by atoms with Gasteiger partial charge in [0.1, 0.15) is 5.75 Å². The van der Waals surface area contributed by atoms with Crippen molar-refractivity contribution in [2.24, 2.45) is 5.92 Å². The fourth-order valence-electron chi connectivity index (χ4n) is 3.25. The normalized spacial score (nSPS) is 19.7. The highest BCUT2D eigenvalue weighted by molar-refractivity contribution is 8.18. The highest BCUT2D eigenvalue weighted by Crippen LogP contribution is 2.33. The van der Waals surface area contributed by atoms with Gasteiger partial charge in [0.25, 0.3) is 11.1 Å².